The molecule has 8 heteroatoms. The fraction of sp³-hybridized carbons (Fsp3) is 0.267. The summed E-state index contributed by atoms with van der Waals surface area (Å²) in [6, 6.07) is 3.45. The van der Waals surface area contributed by atoms with Crippen molar-refractivity contribution in [3.8, 4) is 0 Å². The highest BCUT2D eigenvalue weighted by Gasteiger charge is 2.25. The van der Waals surface area contributed by atoms with Gasteiger partial charge in [0.1, 0.15) is 5.00 Å². The Labute approximate surface area is 149 Å². The van der Waals surface area contributed by atoms with Gasteiger partial charge in [0.15, 0.2) is 5.78 Å². The van der Waals surface area contributed by atoms with Crippen LogP contribution < -0.4 is 5.32 Å². The van der Waals surface area contributed by atoms with Gasteiger partial charge in [-0.05, 0) is 54.4 Å². The number of ether oxygens (including phenoxy) is 1. The van der Waals surface area contributed by atoms with E-state index < -0.39 is 5.97 Å². The molecule has 2 rings (SSSR count). The maximum Gasteiger partial charge on any atom is 0.341 e. The van der Waals surface area contributed by atoms with Crippen molar-refractivity contribution in [3.63, 3.8) is 0 Å². The van der Waals surface area contributed by atoms with Crippen LogP contribution in [0.25, 0.3) is 0 Å². The lowest BCUT2D eigenvalue weighted by atomic mass is 10.1. The maximum absolute atomic E-state index is 12.3. The molecule has 0 unspecified atom stereocenters. The Morgan fingerprint density at radius 3 is 2.48 bits per heavy atom. The quantitative estimate of drug-likeness (QED) is 0.575. The number of nitrogens with one attached hydrogen (secondary N) is 1. The van der Waals surface area contributed by atoms with Crippen molar-refractivity contribution in [2.45, 2.75) is 20.8 Å². The molecule has 0 aliphatic rings. The molecule has 0 aliphatic carbocycles. The summed E-state index contributed by atoms with van der Waals surface area (Å²) >= 11 is 5.67. The number of rotatable bonds is 5. The van der Waals surface area contributed by atoms with Crippen LogP contribution in [-0.2, 0) is 4.74 Å². The first-order valence-electron chi connectivity index (χ1n) is 6.73. The second kappa shape index (κ2) is 7.37. The molecule has 0 aliphatic heterocycles. The molecule has 23 heavy (non-hydrogen) atoms. The highest BCUT2D eigenvalue weighted by atomic mass is 79.9. The highest BCUT2D eigenvalue weighted by molar-refractivity contribution is 9.11. The van der Waals surface area contributed by atoms with Crippen LogP contribution in [0.2, 0.25) is 0 Å². The largest absolute Gasteiger partial charge is 0.462 e. The molecule has 0 saturated heterocycles. The smallest absolute Gasteiger partial charge is 0.341 e. The summed E-state index contributed by atoms with van der Waals surface area (Å²) in [5.41, 5.74) is 0.773. The lowest BCUT2D eigenvalue weighted by Crippen LogP contribution is -2.13. The molecule has 0 spiro atoms. The predicted molar refractivity (Wildman–Crippen MR) is 95.0 cm³/mol. The average Bonchev–Trinajstić information content (AvgIpc) is 3.03. The highest BCUT2D eigenvalue weighted by Crippen LogP contribution is 2.35. The molecule has 2 aromatic heterocycles. The Hall–Kier alpha value is -1.51. The normalized spacial score (nSPS) is 10.4. The van der Waals surface area contributed by atoms with Gasteiger partial charge in [-0.3, -0.25) is 9.59 Å². The van der Waals surface area contributed by atoms with Crippen LogP contribution in [0.4, 0.5) is 5.00 Å². The standard InChI is InChI=1S/C15H14BrNO4S2/c1-4-21-15(20)11-7(2)12(8(3)18)23-14(11)17-13(19)9-5-6-10(16)22-9/h5-6H,4H2,1-3H3,(H,17,19). The summed E-state index contributed by atoms with van der Waals surface area (Å²) < 4.78 is 5.87. The van der Waals surface area contributed by atoms with Crippen LogP contribution in [0.15, 0.2) is 15.9 Å². The summed E-state index contributed by atoms with van der Waals surface area (Å²) in [5.74, 6) is -1.03. The number of ketones is 1. The maximum atomic E-state index is 12.3. The van der Waals surface area contributed by atoms with Crippen LogP contribution in [0.3, 0.4) is 0 Å². The molecule has 2 aromatic rings. The Morgan fingerprint density at radius 1 is 1.26 bits per heavy atom. The number of anilines is 1. The molecule has 0 aromatic carbocycles. The molecule has 1 amide bonds. The lowest BCUT2D eigenvalue weighted by Gasteiger charge is -2.06. The number of carbonyl (C=O) groups excluding carboxylic acids is 3. The van der Waals surface area contributed by atoms with Crippen molar-refractivity contribution in [3.05, 3.63) is 36.8 Å². The van der Waals surface area contributed by atoms with Crippen molar-refractivity contribution in [1.29, 1.82) is 0 Å². The van der Waals surface area contributed by atoms with Gasteiger partial charge in [0.25, 0.3) is 5.91 Å². The summed E-state index contributed by atoms with van der Waals surface area (Å²) in [4.78, 5) is 37.1. The van der Waals surface area contributed by atoms with Gasteiger partial charge in [-0.15, -0.1) is 22.7 Å². The number of carbonyl (C=O) groups is 3. The van der Waals surface area contributed by atoms with Gasteiger partial charge in [0.2, 0.25) is 0 Å². The number of thiophene rings is 2. The SMILES string of the molecule is CCOC(=O)c1c(NC(=O)c2ccc(Br)s2)sc(C(C)=O)c1C. The van der Waals surface area contributed by atoms with E-state index in [2.05, 4.69) is 21.2 Å². The fourth-order valence-electron chi connectivity index (χ4n) is 1.99. The van der Waals surface area contributed by atoms with E-state index in [-0.39, 0.29) is 23.9 Å². The first kappa shape index (κ1) is 17.8. The zero-order chi connectivity index (χ0) is 17.1. The number of amides is 1. The van der Waals surface area contributed by atoms with E-state index in [4.69, 9.17) is 4.74 Å². The second-order valence-electron chi connectivity index (χ2n) is 4.59. The Balaban J connectivity index is 2.40. The Kier molecular flexibility index (Phi) is 5.72. The van der Waals surface area contributed by atoms with E-state index in [1.165, 1.54) is 18.3 Å². The Bertz CT molecular complexity index is 779. The van der Waals surface area contributed by atoms with Crippen molar-refractivity contribution in [1.82, 2.24) is 0 Å². The van der Waals surface area contributed by atoms with Crippen LogP contribution in [0, 0.1) is 6.92 Å². The van der Waals surface area contributed by atoms with E-state index in [0.717, 1.165) is 15.1 Å². The van der Waals surface area contributed by atoms with Gasteiger partial charge in [0, 0.05) is 0 Å². The number of Topliss-reactive ketones (excluding diaryl/α,β-unsaturated/α-hetero) is 1. The van der Waals surface area contributed by atoms with Gasteiger partial charge in [0.05, 0.1) is 25.7 Å². The first-order valence-corrected chi connectivity index (χ1v) is 9.15. The second-order valence-corrected chi connectivity index (χ2v) is 8.08. The summed E-state index contributed by atoms with van der Waals surface area (Å²) in [6.07, 6.45) is 0. The molecule has 0 bridgehead atoms. The third-order valence-corrected chi connectivity index (χ3v) is 5.90. The number of hydrogen-bond donors (Lipinski definition) is 1. The van der Waals surface area contributed by atoms with Gasteiger partial charge in [-0.25, -0.2) is 4.79 Å². The zero-order valence-corrected chi connectivity index (χ0v) is 15.9. The van der Waals surface area contributed by atoms with E-state index in [0.29, 0.717) is 20.3 Å². The average molecular weight is 416 g/mol. The third-order valence-electron chi connectivity index (χ3n) is 2.97. The van der Waals surface area contributed by atoms with Crippen LogP contribution >= 0.6 is 38.6 Å². The van der Waals surface area contributed by atoms with Crippen LogP contribution in [0.5, 0.6) is 0 Å². The molecule has 1 N–H and O–H groups in total. The molecule has 0 fully saturated rings. The minimum Gasteiger partial charge on any atom is -0.462 e. The van der Waals surface area contributed by atoms with Crippen molar-refractivity contribution < 1.29 is 19.1 Å². The van der Waals surface area contributed by atoms with Crippen molar-refractivity contribution in [2.24, 2.45) is 0 Å². The van der Waals surface area contributed by atoms with E-state index >= 15 is 0 Å². The molecule has 5 nitrogen and oxygen atoms in total. The third kappa shape index (κ3) is 3.88. The number of esters is 1. The zero-order valence-electron chi connectivity index (χ0n) is 12.7. The van der Waals surface area contributed by atoms with Gasteiger partial charge in [-0.1, -0.05) is 0 Å². The van der Waals surface area contributed by atoms with E-state index in [1.807, 2.05) is 0 Å². The van der Waals surface area contributed by atoms with E-state index in [9.17, 15) is 14.4 Å². The topological polar surface area (TPSA) is 72.5 Å². The predicted octanol–water partition coefficient (Wildman–Crippen LogP) is 4.51. The fourth-order valence-corrected chi connectivity index (χ4v) is 4.35. The van der Waals surface area contributed by atoms with Gasteiger partial charge >= 0.3 is 5.97 Å². The molecular formula is C15H14BrNO4S2. The minimum atomic E-state index is -0.545. The summed E-state index contributed by atoms with van der Waals surface area (Å²) in [6.45, 7) is 5.02. The van der Waals surface area contributed by atoms with Crippen LogP contribution in [-0.4, -0.2) is 24.3 Å². The van der Waals surface area contributed by atoms with Gasteiger partial charge < -0.3 is 10.1 Å². The molecule has 0 saturated carbocycles. The lowest BCUT2D eigenvalue weighted by molar-refractivity contribution is 0.0527. The Morgan fingerprint density at radius 2 is 1.96 bits per heavy atom. The summed E-state index contributed by atoms with van der Waals surface area (Å²) in [5, 5.41) is 3.05. The monoisotopic (exact) mass is 415 g/mol. The first-order chi connectivity index (χ1) is 10.8. The van der Waals surface area contributed by atoms with Crippen molar-refractivity contribution in [2.75, 3.05) is 11.9 Å². The molecule has 122 valence electrons. The van der Waals surface area contributed by atoms with Crippen LogP contribution in [0.1, 0.15) is 49.1 Å². The molecule has 0 atom stereocenters. The molecule has 0 radical (unpaired) electrons. The van der Waals surface area contributed by atoms with E-state index in [1.54, 1.807) is 26.0 Å². The van der Waals surface area contributed by atoms with Crippen molar-refractivity contribution >= 4 is 61.3 Å². The number of hydrogen-bond acceptors (Lipinski definition) is 6. The molecular weight excluding hydrogens is 402 g/mol. The summed E-state index contributed by atoms with van der Waals surface area (Å²) in [7, 11) is 0. The number of halogens is 1. The minimum absolute atomic E-state index is 0.155. The molecule has 2 heterocycles. The van der Waals surface area contributed by atoms with Gasteiger partial charge in [-0.2, -0.15) is 0 Å².